The Morgan fingerprint density at radius 2 is 1.67 bits per heavy atom. The summed E-state index contributed by atoms with van der Waals surface area (Å²) in [6, 6.07) is 12.2. The highest BCUT2D eigenvalue weighted by Crippen LogP contribution is 2.18. The number of aryl methyl sites for hydroxylation is 1. The van der Waals surface area contributed by atoms with E-state index in [0.29, 0.717) is 22.6 Å². The highest BCUT2D eigenvalue weighted by molar-refractivity contribution is 6.06. The van der Waals surface area contributed by atoms with Gasteiger partial charge in [0, 0.05) is 29.5 Å². The van der Waals surface area contributed by atoms with Crippen molar-refractivity contribution in [2.75, 3.05) is 16.4 Å². The molecule has 0 aliphatic rings. The van der Waals surface area contributed by atoms with Gasteiger partial charge in [0.15, 0.2) is 0 Å². The van der Waals surface area contributed by atoms with Gasteiger partial charge < -0.3 is 16.4 Å². The summed E-state index contributed by atoms with van der Waals surface area (Å²) in [5.41, 5.74) is 8.86. The van der Waals surface area contributed by atoms with Crippen LogP contribution in [0.15, 0.2) is 42.5 Å². The van der Waals surface area contributed by atoms with Gasteiger partial charge in [-0.2, -0.15) is 0 Å². The van der Waals surface area contributed by atoms with Gasteiger partial charge in [0.25, 0.3) is 5.91 Å². The molecule has 2 amide bonds. The molecule has 0 saturated carbocycles. The number of carbonyl (C=O) groups is 2. The molecule has 2 aromatic carbocycles. The van der Waals surface area contributed by atoms with Crippen molar-refractivity contribution >= 4 is 28.9 Å². The second kappa shape index (κ2) is 6.09. The van der Waals surface area contributed by atoms with E-state index < -0.39 is 0 Å². The fourth-order valence-electron chi connectivity index (χ4n) is 1.96. The molecule has 0 aliphatic heterocycles. The minimum Gasteiger partial charge on any atom is -0.399 e. The third-order valence-electron chi connectivity index (χ3n) is 2.95. The van der Waals surface area contributed by atoms with Crippen molar-refractivity contribution in [2.24, 2.45) is 0 Å². The Balaban J connectivity index is 2.19. The molecule has 0 spiro atoms. The minimum absolute atomic E-state index is 0.162. The first-order valence-corrected chi connectivity index (χ1v) is 6.51. The van der Waals surface area contributed by atoms with E-state index in [9.17, 15) is 9.59 Å². The quantitative estimate of drug-likeness (QED) is 0.757. The maximum atomic E-state index is 12.3. The Hall–Kier alpha value is -2.82. The zero-order valence-corrected chi connectivity index (χ0v) is 11.9. The third kappa shape index (κ3) is 3.82. The molecule has 5 nitrogen and oxygen atoms in total. The molecule has 5 heteroatoms. The number of nitrogens with one attached hydrogen (secondary N) is 2. The molecule has 0 atom stereocenters. The Morgan fingerprint density at radius 3 is 2.33 bits per heavy atom. The van der Waals surface area contributed by atoms with Crippen LogP contribution in [0.1, 0.15) is 22.8 Å². The molecule has 0 heterocycles. The lowest BCUT2D eigenvalue weighted by Crippen LogP contribution is -2.14. The van der Waals surface area contributed by atoms with Crippen LogP contribution in [-0.2, 0) is 4.79 Å². The van der Waals surface area contributed by atoms with Gasteiger partial charge in [-0.15, -0.1) is 0 Å². The summed E-state index contributed by atoms with van der Waals surface area (Å²) < 4.78 is 0. The van der Waals surface area contributed by atoms with Crippen LogP contribution in [0.2, 0.25) is 0 Å². The number of hydrogen-bond donors (Lipinski definition) is 3. The van der Waals surface area contributed by atoms with Gasteiger partial charge in [0.2, 0.25) is 5.91 Å². The van der Waals surface area contributed by atoms with Crippen molar-refractivity contribution in [1.82, 2.24) is 0 Å². The van der Waals surface area contributed by atoms with Crippen molar-refractivity contribution in [1.29, 1.82) is 0 Å². The number of nitrogens with two attached hydrogens (primary N) is 1. The van der Waals surface area contributed by atoms with E-state index in [0.717, 1.165) is 5.56 Å². The maximum Gasteiger partial charge on any atom is 0.256 e. The van der Waals surface area contributed by atoms with Gasteiger partial charge in [0.1, 0.15) is 0 Å². The van der Waals surface area contributed by atoms with E-state index in [4.69, 9.17) is 5.73 Å². The molecule has 0 fully saturated rings. The molecule has 0 radical (unpaired) electrons. The molecule has 0 saturated heterocycles. The van der Waals surface area contributed by atoms with E-state index in [1.165, 1.54) is 6.92 Å². The molecule has 108 valence electrons. The molecule has 2 aromatic rings. The standard InChI is InChI=1S/C16H17N3O2/c1-10-6-7-12(17)8-15(10)16(21)19-14-5-3-4-13(9-14)18-11(2)20/h3-9H,17H2,1-2H3,(H,18,20)(H,19,21). The SMILES string of the molecule is CC(=O)Nc1cccc(NC(=O)c2cc(N)ccc2C)c1. The summed E-state index contributed by atoms with van der Waals surface area (Å²) in [5, 5.41) is 5.46. The lowest BCUT2D eigenvalue weighted by Gasteiger charge is -2.10. The lowest BCUT2D eigenvalue weighted by atomic mass is 10.1. The van der Waals surface area contributed by atoms with E-state index in [2.05, 4.69) is 10.6 Å². The van der Waals surface area contributed by atoms with E-state index in [-0.39, 0.29) is 11.8 Å². The van der Waals surface area contributed by atoms with E-state index in [1.54, 1.807) is 42.5 Å². The summed E-state index contributed by atoms with van der Waals surface area (Å²) in [5.74, 6) is -0.398. The van der Waals surface area contributed by atoms with Gasteiger partial charge in [-0.3, -0.25) is 9.59 Å². The van der Waals surface area contributed by atoms with Crippen LogP contribution in [-0.4, -0.2) is 11.8 Å². The minimum atomic E-state index is -0.236. The number of hydrogen-bond acceptors (Lipinski definition) is 3. The number of amides is 2. The summed E-state index contributed by atoms with van der Waals surface area (Å²) >= 11 is 0. The van der Waals surface area contributed by atoms with Crippen molar-refractivity contribution in [3.63, 3.8) is 0 Å². The van der Waals surface area contributed by atoms with Gasteiger partial charge in [-0.1, -0.05) is 12.1 Å². The Labute approximate surface area is 123 Å². The highest BCUT2D eigenvalue weighted by Gasteiger charge is 2.10. The fraction of sp³-hybridized carbons (Fsp3) is 0.125. The van der Waals surface area contributed by atoms with Crippen LogP contribution >= 0.6 is 0 Å². The molecule has 21 heavy (non-hydrogen) atoms. The van der Waals surface area contributed by atoms with Gasteiger partial charge in [0.05, 0.1) is 0 Å². The molecule has 0 aliphatic carbocycles. The predicted molar refractivity (Wildman–Crippen MR) is 84.3 cm³/mol. The number of carbonyl (C=O) groups excluding carboxylic acids is 2. The molecule has 0 bridgehead atoms. The Kier molecular flexibility index (Phi) is 4.23. The third-order valence-corrected chi connectivity index (χ3v) is 2.95. The van der Waals surface area contributed by atoms with Crippen LogP contribution < -0.4 is 16.4 Å². The first-order chi connectivity index (χ1) is 9.95. The van der Waals surface area contributed by atoms with Crippen LogP contribution in [0.3, 0.4) is 0 Å². The van der Waals surface area contributed by atoms with Crippen LogP contribution in [0, 0.1) is 6.92 Å². The van der Waals surface area contributed by atoms with Crippen molar-refractivity contribution in [2.45, 2.75) is 13.8 Å². The Morgan fingerprint density at radius 1 is 1.00 bits per heavy atom. The number of anilines is 3. The largest absolute Gasteiger partial charge is 0.399 e. The molecule has 4 N–H and O–H groups in total. The molecular formula is C16H17N3O2. The monoisotopic (exact) mass is 283 g/mol. The molecule has 2 rings (SSSR count). The Bertz CT molecular complexity index is 696. The van der Waals surface area contributed by atoms with Gasteiger partial charge in [-0.05, 0) is 42.8 Å². The summed E-state index contributed by atoms with van der Waals surface area (Å²) in [6.07, 6.45) is 0. The van der Waals surface area contributed by atoms with Gasteiger partial charge >= 0.3 is 0 Å². The predicted octanol–water partition coefficient (Wildman–Crippen LogP) is 2.79. The smallest absolute Gasteiger partial charge is 0.256 e. The van der Waals surface area contributed by atoms with E-state index in [1.807, 2.05) is 6.92 Å². The number of rotatable bonds is 3. The molecule has 0 aromatic heterocycles. The van der Waals surface area contributed by atoms with Crippen molar-refractivity contribution in [3.05, 3.63) is 53.6 Å². The lowest BCUT2D eigenvalue weighted by molar-refractivity contribution is -0.114. The first-order valence-electron chi connectivity index (χ1n) is 6.51. The molecule has 0 unspecified atom stereocenters. The molecular weight excluding hydrogens is 266 g/mol. The summed E-state index contributed by atoms with van der Waals surface area (Å²) in [4.78, 5) is 23.3. The maximum absolute atomic E-state index is 12.3. The topological polar surface area (TPSA) is 84.2 Å². The fourth-order valence-corrected chi connectivity index (χ4v) is 1.96. The van der Waals surface area contributed by atoms with Crippen LogP contribution in [0.5, 0.6) is 0 Å². The van der Waals surface area contributed by atoms with Crippen LogP contribution in [0.4, 0.5) is 17.1 Å². The average molecular weight is 283 g/mol. The average Bonchev–Trinajstić information content (AvgIpc) is 2.41. The first kappa shape index (κ1) is 14.6. The van der Waals surface area contributed by atoms with Crippen molar-refractivity contribution < 1.29 is 9.59 Å². The zero-order chi connectivity index (χ0) is 15.4. The second-order valence-electron chi connectivity index (χ2n) is 4.79. The number of nitrogen functional groups attached to an aromatic ring is 1. The van der Waals surface area contributed by atoms with Crippen molar-refractivity contribution in [3.8, 4) is 0 Å². The van der Waals surface area contributed by atoms with Crippen LogP contribution in [0.25, 0.3) is 0 Å². The van der Waals surface area contributed by atoms with E-state index >= 15 is 0 Å². The second-order valence-corrected chi connectivity index (χ2v) is 4.79. The highest BCUT2D eigenvalue weighted by atomic mass is 16.2. The summed E-state index contributed by atoms with van der Waals surface area (Å²) in [7, 11) is 0. The summed E-state index contributed by atoms with van der Waals surface area (Å²) in [6.45, 7) is 3.28. The normalized spacial score (nSPS) is 10.0. The zero-order valence-electron chi connectivity index (χ0n) is 11.9. The van der Waals surface area contributed by atoms with Gasteiger partial charge in [-0.25, -0.2) is 0 Å². The number of benzene rings is 2.